The maximum atomic E-state index is 13.8. The molecule has 0 atom stereocenters. The minimum absolute atomic E-state index is 0.244. The summed E-state index contributed by atoms with van der Waals surface area (Å²) in [5, 5.41) is 4.75. The summed E-state index contributed by atoms with van der Waals surface area (Å²) in [6, 6.07) is 12.8. The van der Waals surface area contributed by atoms with E-state index in [9.17, 15) is 4.39 Å². The third-order valence-corrected chi connectivity index (χ3v) is 6.51. The first kappa shape index (κ1) is 23.7. The molecule has 172 valence electrons. The molecular weight excluding hydrogens is 456 g/mol. The summed E-state index contributed by atoms with van der Waals surface area (Å²) in [5.74, 6) is -0.244. The smallest absolute Gasteiger partial charge is 0.123 e. The molecule has 1 fully saturated rings. The molecule has 0 spiro atoms. The lowest BCUT2D eigenvalue weighted by atomic mass is 9.96. The van der Waals surface area contributed by atoms with Gasteiger partial charge in [-0.25, -0.2) is 4.39 Å². The fourth-order valence-electron chi connectivity index (χ4n) is 4.50. The Morgan fingerprint density at radius 3 is 2.52 bits per heavy atom. The van der Waals surface area contributed by atoms with Gasteiger partial charge in [-0.3, -0.25) is 4.98 Å². The monoisotopic (exact) mass is 483 g/mol. The van der Waals surface area contributed by atoms with E-state index in [1.54, 1.807) is 18.2 Å². The van der Waals surface area contributed by atoms with E-state index < -0.39 is 0 Å². The van der Waals surface area contributed by atoms with Crippen LogP contribution in [0, 0.1) is 5.82 Å². The molecule has 3 aromatic rings. The summed E-state index contributed by atoms with van der Waals surface area (Å²) in [5.41, 5.74) is 5.84. The van der Waals surface area contributed by atoms with Crippen LogP contribution in [-0.2, 0) is 0 Å². The number of benzene rings is 2. The number of aromatic nitrogens is 1. The minimum atomic E-state index is -0.244. The van der Waals surface area contributed by atoms with Crippen LogP contribution in [0.5, 0.6) is 0 Å². The number of nitrogens with zero attached hydrogens (tertiary/aromatic N) is 2. The standard InChI is InChI=1S/C27H28Cl2FN3/c1-3-32-25-7-9-33(10-8-25)27-21(11-18(2)19-5-4-6-24(30)14-19)16-31-17-26(27)20-12-22(28)15-23(29)13-20/h4-6,11-17,25,32H,3,7-10H2,1-2H3/b18-11+. The largest absolute Gasteiger partial charge is 0.370 e. The molecule has 6 heteroatoms. The number of rotatable bonds is 6. The maximum Gasteiger partial charge on any atom is 0.123 e. The number of halogens is 3. The molecule has 0 unspecified atom stereocenters. The van der Waals surface area contributed by atoms with Crippen LogP contribution in [0.4, 0.5) is 10.1 Å². The van der Waals surface area contributed by atoms with Crippen LogP contribution in [0.15, 0.2) is 54.9 Å². The molecule has 0 amide bonds. The van der Waals surface area contributed by atoms with Crippen LogP contribution in [-0.4, -0.2) is 30.7 Å². The highest BCUT2D eigenvalue weighted by atomic mass is 35.5. The number of pyridine rings is 1. The van der Waals surface area contributed by atoms with Crippen LogP contribution in [0.25, 0.3) is 22.8 Å². The second kappa shape index (κ2) is 10.7. The van der Waals surface area contributed by atoms with Crippen molar-refractivity contribution in [2.45, 2.75) is 32.7 Å². The Bertz CT molecular complexity index is 1130. The van der Waals surface area contributed by atoms with E-state index in [4.69, 9.17) is 23.2 Å². The summed E-state index contributed by atoms with van der Waals surface area (Å²) in [6.07, 6.45) is 7.98. The number of hydrogen-bond donors (Lipinski definition) is 1. The molecule has 3 nitrogen and oxygen atoms in total. The van der Waals surface area contributed by atoms with Crippen LogP contribution >= 0.6 is 23.2 Å². The molecule has 1 saturated heterocycles. The minimum Gasteiger partial charge on any atom is -0.370 e. The van der Waals surface area contributed by atoms with Crippen LogP contribution in [0.2, 0.25) is 10.0 Å². The Kier molecular flexibility index (Phi) is 7.69. The van der Waals surface area contributed by atoms with E-state index >= 15 is 0 Å². The first-order chi connectivity index (χ1) is 15.9. The van der Waals surface area contributed by atoms with Gasteiger partial charge >= 0.3 is 0 Å². The van der Waals surface area contributed by atoms with E-state index in [1.807, 2.05) is 37.5 Å². The quantitative estimate of drug-likeness (QED) is 0.397. The summed E-state index contributed by atoms with van der Waals surface area (Å²) >= 11 is 12.7. The van der Waals surface area contributed by atoms with Gasteiger partial charge in [-0.05, 0) is 79.4 Å². The van der Waals surface area contributed by atoms with Gasteiger partial charge < -0.3 is 10.2 Å². The first-order valence-electron chi connectivity index (χ1n) is 11.3. The molecule has 2 aromatic carbocycles. The molecular formula is C27H28Cl2FN3. The fourth-order valence-corrected chi connectivity index (χ4v) is 5.02. The van der Waals surface area contributed by atoms with E-state index in [1.165, 1.54) is 6.07 Å². The van der Waals surface area contributed by atoms with Crippen molar-refractivity contribution in [3.8, 4) is 11.1 Å². The molecule has 1 aliphatic heterocycles. The topological polar surface area (TPSA) is 28.2 Å². The number of anilines is 1. The SMILES string of the molecule is CCNC1CCN(c2c(/C=C(\C)c3cccc(F)c3)cncc2-c2cc(Cl)cc(Cl)c2)CC1. The number of nitrogens with one attached hydrogen (secondary N) is 1. The average molecular weight is 484 g/mol. The maximum absolute atomic E-state index is 13.8. The van der Waals surface area contributed by atoms with Crippen molar-refractivity contribution < 1.29 is 4.39 Å². The van der Waals surface area contributed by atoms with Crippen LogP contribution in [0.1, 0.15) is 37.8 Å². The van der Waals surface area contributed by atoms with Crippen molar-refractivity contribution in [3.05, 3.63) is 81.8 Å². The third kappa shape index (κ3) is 5.75. The molecule has 0 radical (unpaired) electrons. The van der Waals surface area contributed by atoms with Crippen LogP contribution in [0.3, 0.4) is 0 Å². The second-order valence-electron chi connectivity index (χ2n) is 8.44. The van der Waals surface area contributed by atoms with Crippen molar-refractivity contribution in [1.82, 2.24) is 10.3 Å². The van der Waals surface area contributed by atoms with Crippen LogP contribution < -0.4 is 10.2 Å². The number of piperidine rings is 1. The number of hydrogen-bond acceptors (Lipinski definition) is 3. The molecule has 33 heavy (non-hydrogen) atoms. The summed E-state index contributed by atoms with van der Waals surface area (Å²) in [6.45, 7) is 6.99. The summed E-state index contributed by atoms with van der Waals surface area (Å²) in [7, 11) is 0. The highest BCUT2D eigenvalue weighted by Crippen LogP contribution is 2.38. The fraction of sp³-hybridized carbons (Fsp3) is 0.296. The van der Waals surface area contributed by atoms with Gasteiger partial charge in [0.1, 0.15) is 5.82 Å². The van der Waals surface area contributed by atoms with Gasteiger partial charge in [-0.15, -0.1) is 0 Å². The number of allylic oxidation sites excluding steroid dienone is 1. The molecule has 0 aliphatic carbocycles. The zero-order valence-corrected chi connectivity index (χ0v) is 20.4. The van der Waals surface area contributed by atoms with Gasteiger partial charge in [0.15, 0.2) is 0 Å². The van der Waals surface area contributed by atoms with Gasteiger partial charge in [0.2, 0.25) is 0 Å². The Balaban J connectivity index is 1.80. The molecule has 2 heterocycles. The Labute approximate surface area is 205 Å². The normalized spacial score (nSPS) is 15.2. The predicted octanol–water partition coefficient (Wildman–Crippen LogP) is 7.33. The summed E-state index contributed by atoms with van der Waals surface area (Å²) in [4.78, 5) is 6.96. The van der Waals surface area contributed by atoms with E-state index in [0.717, 1.165) is 66.0 Å². The van der Waals surface area contributed by atoms with Crippen molar-refractivity contribution in [1.29, 1.82) is 0 Å². The molecule has 1 aromatic heterocycles. The van der Waals surface area contributed by atoms with Crippen molar-refractivity contribution in [2.75, 3.05) is 24.5 Å². The zero-order valence-electron chi connectivity index (χ0n) is 18.9. The molecule has 4 rings (SSSR count). The molecule has 1 N–H and O–H groups in total. The first-order valence-corrected chi connectivity index (χ1v) is 12.1. The van der Waals surface area contributed by atoms with Gasteiger partial charge in [-0.1, -0.05) is 42.3 Å². The van der Waals surface area contributed by atoms with Crippen molar-refractivity contribution in [2.24, 2.45) is 0 Å². The summed E-state index contributed by atoms with van der Waals surface area (Å²) < 4.78 is 13.8. The predicted molar refractivity (Wildman–Crippen MR) is 139 cm³/mol. The van der Waals surface area contributed by atoms with Gasteiger partial charge in [0.05, 0.1) is 5.69 Å². The molecule has 0 saturated carbocycles. The van der Waals surface area contributed by atoms with Gasteiger partial charge in [0, 0.05) is 52.7 Å². The Morgan fingerprint density at radius 1 is 1.12 bits per heavy atom. The van der Waals surface area contributed by atoms with Crippen molar-refractivity contribution in [3.63, 3.8) is 0 Å². The van der Waals surface area contributed by atoms with Gasteiger partial charge in [-0.2, -0.15) is 0 Å². The Morgan fingerprint density at radius 2 is 1.85 bits per heavy atom. The average Bonchev–Trinajstić information content (AvgIpc) is 2.79. The Hall–Kier alpha value is -2.40. The zero-order chi connectivity index (χ0) is 23.4. The lowest BCUT2D eigenvalue weighted by molar-refractivity contribution is 0.424. The third-order valence-electron chi connectivity index (χ3n) is 6.08. The molecule has 1 aliphatic rings. The lowest BCUT2D eigenvalue weighted by Gasteiger charge is -2.36. The van der Waals surface area contributed by atoms with E-state index in [-0.39, 0.29) is 5.82 Å². The second-order valence-corrected chi connectivity index (χ2v) is 9.31. The highest BCUT2D eigenvalue weighted by Gasteiger charge is 2.23. The van der Waals surface area contributed by atoms with E-state index in [0.29, 0.717) is 16.1 Å². The molecule has 0 bridgehead atoms. The van der Waals surface area contributed by atoms with Crippen molar-refractivity contribution >= 4 is 40.5 Å². The van der Waals surface area contributed by atoms with E-state index in [2.05, 4.69) is 28.2 Å². The lowest BCUT2D eigenvalue weighted by Crippen LogP contribution is -2.42. The highest BCUT2D eigenvalue weighted by molar-refractivity contribution is 6.35. The van der Waals surface area contributed by atoms with Gasteiger partial charge in [0.25, 0.3) is 0 Å².